The second-order valence-electron chi connectivity index (χ2n) is 7.60. The van der Waals surface area contributed by atoms with Crippen molar-refractivity contribution in [2.45, 2.75) is 32.6 Å². The van der Waals surface area contributed by atoms with Crippen LogP contribution in [0.2, 0.25) is 0 Å². The van der Waals surface area contributed by atoms with Crippen molar-refractivity contribution >= 4 is 18.0 Å². The number of nitrogens with zero attached hydrogens (tertiary/aromatic N) is 2. The molecule has 0 spiro atoms. The Morgan fingerprint density at radius 3 is 2.37 bits per heavy atom. The first-order valence-electron chi connectivity index (χ1n) is 10.7. The molecule has 0 radical (unpaired) electrons. The van der Waals surface area contributed by atoms with Crippen LogP contribution in [0.3, 0.4) is 0 Å². The average molecular weight is 418 g/mol. The van der Waals surface area contributed by atoms with Crippen LogP contribution in [0.5, 0.6) is 5.75 Å². The standard InChI is InChI=1S/C22H30N2O6/c1-2-29-22(27)30-19-6-4-18(5-7-19)21(26)24-11-3-10-23(12-13-24)20(25)16-17-8-14-28-15-9-17/h4-7,17H,2-3,8-16H2,1H3. The number of benzene rings is 1. The molecule has 2 aliphatic heterocycles. The molecular formula is C22H30N2O6. The Morgan fingerprint density at radius 1 is 1.00 bits per heavy atom. The van der Waals surface area contributed by atoms with Gasteiger partial charge in [0.2, 0.25) is 5.91 Å². The van der Waals surface area contributed by atoms with E-state index in [0.717, 1.165) is 32.5 Å². The van der Waals surface area contributed by atoms with Crippen LogP contribution in [0.25, 0.3) is 0 Å². The van der Waals surface area contributed by atoms with E-state index >= 15 is 0 Å². The van der Waals surface area contributed by atoms with Crippen LogP contribution in [-0.2, 0) is 14.3 Å². The average Bonchev–Trinajstić information content (AvgIpc) is 3.01. The summed E-state index contributed by atoms with van der Waals surface area (Å²) in [6.07, 6.45) is 2.45. The summed E-state index contributed by atoms with van der Waals surface area (Å²) in [6, 6.07) is 6.42. The van der Waals surface area contributed by atoms with Gasteiger partial charge in [0, 0.05) is 51.4 Å². The molecule has 30 heavy (non-hydrogen) atoms. The largest absolute Gasteiger partial charge is 0.513 e. The smallest absolute Gasteiger partial charge is 0.434 e. The minimum absolute atomic E-state index is 0.0867. The topological polar surface area (TPSA) is 85.4 Å². The fourth-order valence-electron chi connectivity index (χ4n) is 3.79. The Labute approximate surface area is 177 Å². The van der Waals surface area contributed by atoms with Crippen molar-refractivity contribution in [1.29, 1.82) is 0 Å². The van der Waals surface area contributed by atoms with Gasteiger partial charge in [-0.15, -0.1) is 0 Å². The van der Waals surface area contributed by atoms with Crippen LogP contribution >= 0.6 is 0 Å². The van der Waals surface area contributed by atoms with Crippen LogP contribution in [0, 0.1) is 5.92 Å². The van der Waals surface area contributed by atoms with E-state index in [1.54, 1.807) is 36.1 Å². The van der Waals surface area contributed by atoms with Crippen molar-refractivity contribution in [3.63, 3.8) is 0 Å². The number of ether oxygens (including phenoxy) is 3. The minimum atomic E-state index is -0.769. The van der Waals surface area contributed by atoms with E-state index < -0.39 is 6.16 Å². The Hall–Kier alpha value is -2.61. The SMILES string of the molecule is CCOC(=O)Oc1ccc(C(=O)N2CCCN(C(=O)CC3CCOCC3)CC2)cc1. The number of carbonyl (C=O) groups is 3. The highest BCUT2D eigenvalue weighted by Crippen LogP contribution is 2.20. The molecule has 164 valence electrons. The molecule has 0 N–H and O–H groups in total. The molecule has 2 amide bonds. The second-order valence-corrected chi connectivity index (χ2v) is 7.60. The first-order chi connectivity index (χ1) is 14.6. The summed E-state index contributed by atoms with van der Waals surface area (Å²) >= 11 is 0. The maximum absolute atomic E-state index is 12.9. The first kappa shape index (κ1) is 22.1. The van der Waals surface area contributed by atoms with Crippen LogP contribution in [-0.4, -0.2) is 73.8 Å². The van der Waals surface area contributed by atoms with Gasteiger partial charge >= 0.3 is 6.16 Å². The molecule has 2 heterocycles. The third-order valence-electron chi connectivity index (χ3n) is 5.50. The van der Waals surface area contributed by atoms with Gasteiger partial charge in [-0.05, 0) is 56.4 Å². The van der Waals surface area contributed by atoms with Gasteiger partial charge in [-0.2, -0.15) is 0 Å². The summed E-state index contributed by atoms with van der Waals surface area (Å²) in [4.78, 5) is 40.6. The maximum Gasteiger partial charge on any atom is 0.513 e. The fraction of sp³-hybridized carbons (Fsp3) is 0.591. The van der Waals surface area contributed by atoms with E-state index in [4.69, 9.17) is 14.2 Å². The molecule has 8 nitrogen and oxygen atoms in total. The van der Waals surface area contributed by atoms with Crippen molar-refractivity contribution in [2.75, 3.05) is 46.0 Å². The molecule has 0 atom stereocenters. The zero-order chi connectivity index (χ0) is 21.3. The predicted molar refractivity (Wildman–Crippen MR) is 109 cm³/mol. The van der Waals surface area contributed by atoms with E-state index in [1.165, 1.54) is 0 Å². The molecule has 2 saturated heterocycles. The number of rotatable bonds is 5. The molecule has 1 aromatic carbocycles. The van der Waals surface area contributed by atoms with Crippen LogP contribution in [0.1, 0.15) is 43.0 Å². The van der Waals surface area contributed by atoms with Crippen molar-refractivity contribution in [2.24, 2.45) is 5.92 Å². The van der Waals surface area contributed by atoms with E-state index in [1.807, 2.05) is 4.90 Å². The zero-order valence-electron chi connectivity index (χ0n) is 17.5. The molecule has 1 aromatic rings. The van der Waals surface area contributed by atoms with Crippen molar-refractivity contribution < 1.29 is 28.6 Å². The molecule has 0 aromatic heterocycles. The van der Waals surface area contributed by atoms with Crippen molar-refractivity contribution in [3.05, 3.63) is 29.8 Å². The number of carbonyl (C=O) groups excluding carboxylic acids is 3. The molecule has 0 aliphatic carbocycles. The van der Waals surface area contributed by atoms with Crippen LogP contribution in [0.4, 0.5) is 4.79 Å². The van der Waals surface area contributed by atoms with Gasteiger partial charge < -0.3 is 24.0 Å². The highest BCUT2D eigenvalue weighted by molar-refractivity contribution is 5.94. The monoisotopic (exact) mass is 418 g/mol. The maximum atomic E-state index is 12.9. The van der Waals surface area contributed by atoms with Crippen LogP contribution < -0.4 is 4.74 Å². The van der Waals surface area contributed by atoms with Gasteiger partial charge in [0.15, 0.2) is 0 Å². The fourth-order valence-corrected chi connectivity index (χ4v) is 3.79. The van der Waals surface area contributed by atoms with Gasteiger partial charge in [0.05, 0.1) is 6.61 Å². The lowest BCUT2D eigenvalue weighted by atomic mass is 9.96. The summed E-state index contributed by atoms with van der Waals surface area (Å²) in [5, 5.41) is 0. The Kier molecular flexibility index (Phi) is 8.07. The van der Waals surface area contributed by atoms with Crippen molar-refractivity contribution in [3.8, 4) is 5.75 Å². The minimum Gasteiger partial charge on any atom is -0.434 e. The second kappa shape index (κ2) is 11.0. The van der Waals surface area contributed by atoms with Crippen LogP contribution in [0.15, 0.2) is 24.3 Å². The molecule has 0 unspecified atom stereocenters. The van der Waals surface area contributed by atoms with Gasteiger partial charge in [-0.1, -0.05) is 0 Å². The summed E-state index contributed by atoms with van der Waals surface area (Å²) in [5.74, 6) is 0.821. The van der Waals surface area contributed by atoms with E-state index in [9.17, 15) is 14.4 Å². The van der Waals surface area contributed by atoms with E-state index in [2.05, 4.69) is 0 Å². The Morgan fingerprint density at radius 2 is 1.67 bits per heavy atom. The summed E-state index contributed by atoms with van der Waals surface area (Å²) in [5.41, 5.74) is 0.521. The zero-order valence-corrected chi connectivity index (χ0v) is 17.5. The van der Waals surface area contributed by atoms with Gasteiger partial charge in [-0.25, -0.2) is 4.79 Å². The molecule has 0 saturated carbocycles. The number of hydrogen-bond donors (Lipinski definition) is 0. The van der Waals surface area contributed by atoms with Gasteiger partial charge in [0.1, 0.15) is 5.75 Å². The normalized spacial score (nSPS) is 17.9. The predicted octanol–water partition coefficient (Wildman–Crippen LogP) is 2.71. The molecule has 8 heteroatoms. The Bertz CT molecular complexity index is 730. The third-order valence-corrected chi connectivity index (χ3v) is 5.50. The van der Waals surface area contributed by atoms with E-state index in [0.29, 0.717) is 49.8 Å². The first-order valence-corrected chi connectivity index (χ1v) is 10.7. The molecule has 2 aliphatic rings. The quantitative estimate of drug-likeness (QED) is 0.540. The highest BCUT2D eigenvalue weighted by Gasteiger charge is 2.25. The van der Waals surface area contributed by atoms with Gasteiger partial charge in [0.25, 0.3) is 5.91 Å². The van der Waals surface area contributed by atoms with E-state index in [-0.39, 0.29) is 18.4 Å². The van der Waals surface area contributed by atoms with Gasteiger partial charge in [-0.3, -0.25) is 9.59 Å². The molecule has 3 rings (SSSR count). The molecule has 2 fully saturated rings. The summed E-state index contributed by atoms with van der Waals surface area (Å²) in [6.45, 7) is 5.77. The Balaban J connectivity index is 1.51. The van der Waals surface area contributed by atoms with Crippen molar-refractivity contribution in [1.82, 2.24) is 9.80 Å². The number of hydrogen-bond acceptors (Lipinski definition) is 6. The molecular weight excluding hydrogens is 388 g/mol. The third kappa shape index (κ3) is 6.19. The lowest BCUT2D eigenvalue weighted by Gasteiger charge is -2.26. The number of amides is 2. The molecule has 0 bridgehead atoms. The highest BCUT2D eigenvalue weighted by atomic mass is 16.7. The lowest BCUT2D eigenvalue weighted by molar-refractivity contribution is -0.132. The lowest BCUT2D eigenvalue weighted by Crippen LogP contribution is -2.38. The summed E-state index contributed by atoms with van der Waals surface area (Å²) < 4.78 is 15.1. The summed E-state index contributed by atoms with van der Waals surface area (Å²) in [7, 11) is 0.